The van der Waals surface area contributed by atoms with E-state index in [9.17, 15) is 14.9 Å². The maximum Gasteiger partial charge on any atom is 0.326 e. The molecule has 0 saturated carbocycles. The van der Waals surface area contributed by atoms with Gasteiger partial charge in [0.25, 0.3) is 0 Å². The minimum atomic E-state index is -0.196. The maximum absolute atomic E-state index is 13.7. The normalized spacial score (nSPS) is 19.5. The zero-order chi connectivity index (χ0) is 30.8. The molecule has 9 heteroatoms. The molecule has 0 spiro atoms. The number of para-hydroxylation sites is 1. The van der Waals surface area contributed by atoms with Crippen molar-refractivity contribution in [1.82, 2.24) is 0 Å². The number of thiophene rings is 1. The van der Waals surface area contributed by atoms with Crippen LogP contribution in [0.3, 0.4) is 0 Å². The molecule has 0 radical (unpaired) electrons. The number of nitrogens with zero attached hydrogens (tertiary/aromatic N) is 2. The van der Waals surface area contributed by atoms with Gasteiger partial charge < -0.3 is 10.6 Å². The van der Waals surface area contributed by atoms with E-state index < -0.39 is 0 Å². The molecule has 3 aromatic carbocycles. The van der Waals surface area contributed by atoms with Gasteiger partial charge in [0.1, 0.15) is 11.1 Å². The molecule has 1 aliphatic heterocycles. The third-order valence-electron chi connectivity index (χ3n) is 8.32. The predicted octanol–water partition coefficient (Wildman–Crippen LogP) is 8.63. The molecule has 1 aromatic heterocycles. The third-order valence-corrected chi connectivity index (χ3v) is 11.8. The molecule has 0 saturated heterocycles. The van der Waals surface area contributed by atoms with E-state index in [-0.39, 0.29) is 29.0 Å². The summed E-state index contributed by atoms with van der Waals surface area (Å²) < 4.78 is 0. The number of benzene rings is 3. The summed E-state index contributed by atoms with van der Waals surface area (Å²) in [5.74, 6) is 0.459. The molecule has 2 aliphatic carbocycles. The van der Waals surface area contributed by atoms with Crippen molar-refractivity contribution < 1.29 is 9.59 Å². The van der Waals surface area contributed by atoms with Gasteiger partial charge in [-0.25, -0.2) is 4.79 Å². The highest BCUT2D eigenvalue weighted by atomic mass is 32.2. The number of urea groups is 1. The Labute approximate surface area is 275 Å². The molecule has 0 bridgehead atoms. The van der Waals surface area contributed by atoms with Crippen molar-refractivity contribution in [3.8, 4) is 6.07 Å². The van der Waals surface area contributed by atoms with Gasteiger partial charge in [0.05, 0.1) is 28.3 Å². The van der Waals surface area contributed by atoms with Gasteiger partial charge in [0, 0.05) is 20.4 Å². The Hall–Kier alpha value is -4.23. The minimum Gasteiger partial charge on any atom is -0.316 e. The summed E-state index contributed by atoms with van der Waals surface area (Å²) in [6, 6.07) is 28.1. The highest BCUT2D eigenvalue weighted by Crippen LogP contribution is 2.44. The van der Waals surface area contributed by atoms with E-state index in [1.807, 2.05) is 65.6 Å². The van der Waals surface area contributed by atoms with Crippen molar-refractivity contribution in [1.29, 1.82) is 5.26 Å². The lowest BCUT2D eigenvalue weighted by Crippen LogP contribution is -2.49. The van der Waals surface area contributed by atoms with E-state index in [1.165, 1.54) is 33.5 Å². The Kier molecular flexibility index (Phi) is 8.53. The summed E-state index contributed by atoms with van der Waals surface area (Å²) in [4.78, 5) is 31.7. The Morgan fingerprint density at radius 3 is 2.67 bits per heavy atom. The highest BCUT2D eigenvalue weighted by molar-refractivity contribution is 8.00. The van der Waals surface area contributed by atoms with E-state index >= 15 is 0 Å². The lowest BCUT2D eigenvalue weighted by molar-refractivity contribution is -0.113. The molecule has 45 heavy (non-hydrogen) atoms. The van der Waals surface area contributed by atoms with Gasteiger partial charge in [-0.3, -0.25) is 9.69 Å². The number of thioether (sulfide) groups is 2. The van der Waals surface area contributed by atoms with Gasteiger partial charge in [-0.1, -0.05) is 72.8 Å². The fraction of sp³-hybridized carbons (Fsp3) is 0.194. The summed E-state index contributed by atoms with van der Waals surface area (Å²) in [6.07, 6.45) is 11.0. The van der Waals surface area contributed by atoms with Crippen LogP contribution in [0.5, 0.6) is 0 Å². The number of anilines is 3. The number of fused-ring (bicyclic) bond motifs is 3. The van der Waals surface area contributed by atoms with E-state index in [1.54, 1.807) is 11.8 Å². The molecule has 2 heterocycles. The highest BCUT2D eigenvalue weighted by Gasteiger charge is 2.36. The van der Waals surface area contributed by atoms with Crippen molar-refractivity contribution in [2.24, 2.45) is 0 Å². The third kappa shape index (κ3) is 6.19. The van der Waals surface area contributed by atoms with Crippen LogP contribution in [0.2, 0.25) is 0 Å². The van der Waals surface area contributed by atoms with E-state index in [4.69, 9.17) is 0 Å². The molecule has 3 unspecified atom stereocenters. The summed E-state index contributed by atoms with van der Waals surface area (Å²) in [6.45, 7) is 0. The van der Waals surface area contributed by atoms with Crippen LogP contribution in [0.15, 0.2) is 113 Å². The van der Waals surface area contributed by atoms with E-state index in [0.717, 1.165) is 40.3 Å². The lowest BCUT2D eigenvalue weighted by atomic mass is 9.83. The van der Waals surface area contributed by atoms with E-state index in [0.29, 0.717) is 22.2 Å². The van der Waals surface area contributed by atoms with Crippen molar-refractivity contribution in [3.05, 3.63) is 125 Å². The minimum absolute atomic E-state index is 0.0819. The number of amides is 3. The van der Waals surface area contributed by atoms with E-state index in [2.05, 4.69) is 59.2 Å². The molecule has 4 aromatic rings. The Morgan fingerprint density at radius 1 is 0.978 bits per heavy atom. The van der Waals surface area contributed by atoms with Gasteiger partial charge in [0.2, 0.25) is 5.91 Å². The SMILES string of the molecule is N#Cc1c(NC(=O)CSc2cccc(NC(=O)N3c4ccccc4SC4C=CC=CC43)c2)sc2c1CCC(c1ccccc1)C2. The Balaban J connectivity index is 0.998. The molecule has 7 rings (SSSR count). The van der Waals surface area contributed by atoms with Gasteiger partial charge in [-0.2, -0.15) is 5.26 Å². The summed E-state index contributed by atoms with van der Waals surface area (Å²) in [5, 5.41) is 16.8. The van der Waals surface area contributed by atoms with Crippen LogP contribution in [0.4, 0.5) is 21.2 Å². The van der Waals surface area contributed by atoms with Crippen LogP contribution in [0.25, 0.3) is 0 Å². The van der Waals surface area contributed by atoms with Gasteiger partial charge in [-0.15, -0.1) is 34.9 Å². The molecule has 0 fully saturated rings. The molecule has 3 aliphatic rings. The Morgan fingerprint density at radius 2 is 1.80 bits per heavy atom. The van der Waals surface area contributed by atoms with Crippen molar-refractivity contribution >= 4 is 63.2 Å². The average molecular weight is 647 g/mol. The zero-order valence-electron chi connectivity index (χ0n) is 24.3. The zero-order valence-corrected chi connectivity index (χ0v) is 26.8. The average Bonchev–Trinajstić information content (AvgIpc) is 3.42. The molecule has 2 N–H and O–H groups in total. The molecule has 3 amide bonds. The number of nitriles is 1. The van der Waals surface area contributed by atoms with Crippen molar-refractivity contribution in [2.75, 3.05) is 21.3 Å². The molecule has 6 nitrogen and oxygen atoms in total. The number of hydrogen-bond donors (Lipinski definition) is 2. The second-order valence-corrected chi connectivity index (χ2v) is 14.5. The first kappa shape index (κ1) is 29.5. The quantitative estimate of drug-likeness (QED) is 0.205. The predicted molar refractivity (Wildman–Crippen MR) is 186 cm³/mol. The molecular weight excluding hydrogens is 617 g/mol. The van der Waals surface area contributed by atoms with Crippen molar-refractivity contribution in [2.45, 2.75) is 46.3 Å². The maximum atomic E-state index is 13.7. The van der Waals surface area contributed by atoms with Crippen LogP contribution >= 0.6 is 34.9 Å². The standard InChI is InChI=1S/C36H30N4O2S3/c37-21-28-27-18-17-24(23-9-2-1-3-10-23)19-33(27)45-35(28)39-34(41)22-43-26-12-8-11-25(20-26)38-36(42)40-29-13-4-6-15-31(29)44-32-16-7-5-14-30(32)40/h1-16,20,24,29,31H,17-19,22H2,(H,38,42)(H,39,41). The summed E-state index contributed by atoms with van der Waals surface area (Å²) >= 11 is 4.70. The van der Waals surface area contributed by atoms with Gasteiger partial charge in [0.15, 0.2) is 0 Å². The number of hydrogen-bond acceptors (Lipinski definition) is 6. The first-order chi connectivity index (χ1) is 22.1. The number of carbonyl (C=O) groups excluding carboxylic acids is 2. The van der Waals surface area contributed by atoms with Crippen molar-refractivity contribution in [3.63, 3.8) is 0 Å². The smallest absolute Gasteiger partial charge is 0.316 e. The van der Waals surface area contributed by atoms with Crippen LogP contribution in [0, 0.1) is 11.3 Å². The fourth-order valence-corrected chi connectivity index (χ4v) is 9.49. The number of nitrogens with one attached hydrogen (secondary N) is 2. The number of rotatable bonds is 6. The number of carbonyl (C=O) groups is 2. The largest absolute Gasteiger partial charge is 0.326 e. The molecule has 224 valence electrons. The molecule has 3 atom stereocenters. The van der Waals surface area contributed by atoms with Crippen LogP contribution in [0.1, 0.15) is 33.9 Å². The van der Waals surface area contributed by atoms with Crippen LogP contribution in [-0.4, -0.2) is 29.0 Å². The van der Waals surface area contributed by atoms with Gasteiger partial charge in [-0.05, 0) is 66.6 Å². The van der Waals surface area contributed by atoms with Gasteiger partial charge >= 0.3 is 6.03 Å². The number of allylic oxidation sites excluding steroid dienone is 2. The lowest BCUT2D eigenvalue weighted by Gasteiger charge is -2.40. The second kappa shape index (κ2) is 13.0. The summed E-state index contributed by atoms with van der Waals surface area (Å²) in [5.41, 5.74) is 4.57. The fourth-order valence-electron chi connectivity index (χ4n) is 6.19. The first-order valence-electron chi connectivity index (χ1n) is 14.9. The topological polar surface area (TPSA) is 85.2 Å². The monoisotopic (exact) mass is 646 g/mol. The van der Waals surface area contributed by atoms with Crippen LogP contribution in [-0.2, 0) is 17.6 Å². The summed E-state index contributed by atoms with van der Waals surface area (Å²) in [7, 11) is 0. The first-order valence-corrected chi connectivity index (χ1v) is 17.6. The second-order valence-electron chi connectivity index (χ2n) is 11.1. The molecular formula is C36H30N4O2S3. The Bertz CT molecular complexity index is 1860. The van der Waals surface area contributed by atoms with Crippen LogP contribution < -0.4 is 15.5 Å².